The van der Waals surface area contributed by atoms with Crippen LogP contribution in [0, 0.1) is 13.8 Å². The number of nitrogens with zero attached hydrogens (tertiary/aromatic N) is 5. The first kappa shape index (κ1) is 23.4. The van der Waals surface area contributed by atoms with E-state index < -0.39 is 11.4 Å². The molecule has 0 aliphatic heterocycles. The smallest absolute Gasteiger partial charge is 0.313 e. The first-order valence-corrected chi connectivity index (χ1v) is 11.7. The first-order valence-electron chi connectivity index (χ1n) is 11.7. The number of hydrogen-bond donors (Lipinski definition) is 1. The van der Waals surface area contributed by atoms with Gasteiger partial charge in [0, 0.05) is 18.0 Å². The minimum absolute atomic E-state index is 0.0955. The number of carboxylic acid groups (broad SMARTS) is 1. The van der Waals surface area contributed by atoms with Crippen LogP contribution in [0.1, 0.15) is 49.5 Å². The lowest BCUT2D eigenvalue weighted by molar-refractivity contribution is -0.142. The molecule has 4 aromatic heterocycles. The number of rotatable bonds is 6. The predicted octanol–water partition coefficient (Wildman–Crippen LogP) is 5.74. The fourth-order valence-electron chi connectivity index (χ4n) is 4.44. The maximum atomic E-state index is 11.7. The van der Waals surface area contributed by atoms with Crippen LogP contribution in [0.4, 0.5) is 0 Å². The van der Waals surface area contributed by atoms with Crippen molar-refractivity contribution in [3.63, 3.8) is 0 Å². The fraction of sp³-hybridized carbons (Fsp3) is 0.250. The van der Waals surface area contributed by atoms with E-state index in [1.54, 1.807) is 26.2 Å². The van der Waals surface area contributed by atoms with Crippen molar-refractivity contribution in [2.45, 2.75) is 46.1 Å². The van der Waals surface area contributed by atoms with Crippen molar-refractivity contribution in [2.24, 2.45) is 0 Å². The third kappa shape index (κ3) is 3.84. The number of aliphatic carboxylic acids is 1. The Morgan fingerprint density at radius 1 is 1.08 bits per heavy atom. The van der Waals surface area contributed by atoms with Crippen molar-refractivity contribution in [3.05, 3.63) is 83.8 Å². The van der Waals surface area contributed by atoms with Crippen LogP contribution in [0.25, 0.3) is 33.5 Å². The number of carbonyl (C=O) groups is 1. The van der Waals surface area contributed by atoms with Gasteiger partial charge in [0.2, 0.25) is 0 Å². The molecule has 0 saturated carbocycles. The highest BCUT2D eigenvalue weighted by atomic mass is 16.5. The Labute approximate surface area is 208 Å². The van der Waals surface area contributed by atoms with Gasteiger partial charge in [0.25, 0.3) is 0 Å². The minimum Gasteiger partial charge on any atom is -0.481 e. The van der Waals surface area contributed by atoms with Crippen molar-refractivity contribution in [3.8, 4) is 22.4 Å². The molecule has 1 N–H and O–H groups in total. The standard InChI is InChI=1S/C28H27N5O3/c1-16-24(18(3)36-32-16)23-14-30-25-21(19-9-11-20(12-10-19)28(4,5)27(34)35)15-33(26(25)31-23)17(2)22-8-6-7-13-29-22/h6-15,17H,1-5H3,(H,34,35)/t17-/m0/s1. The van der Waals surface area contributed by atoms with Gasteiger partial charge in [-0.25, -0.2) is 9.97 Å². The summed E-state index contributed by atoms with van der Waals surface area (Å²) in [6.07, 6.45) is 5.57. The molecule has 36 heavy (non-hydrogen) atoms. The highest BCUT2D eigenvalue weighted by Crippen LogP contribution is 2.35. The average molecular weight is 482 g/mol. The molecular formula is C28H27N5O3. The lowest BCUT2D eigenvalue weighted by Crippen LogP contribution is -2.28. The van der Waals surface area contributed by atoms with Crippen LogP contribution in [-0.4, -0.2) is 35.8 Å². The van der Waals surface area contributed by atoms with Crippen LogP contribution >= 0.6 is 0 Å². The summed E-state index contributed by atoms with van der Waals surface area (Å²) in [5.74, 6) is -0.178. The summed E-state index contributed by atoms with van der Waals surface area (Å²) in [6, 6.07) is 13.4. The summed E-state index contributed by atoms with van der Waals surface area (Å²) >= 11 is 0. The molecule has 5 rings (SSSR count). The molecule has 0 unspecified atom stereocenters. The Kier molecular flexibility index (Phi) is 5.67. The zero-order valence-corrected chi connectivity index (χ0v) is 20.9. The van der Waals surface area contributed by atoms with Crippen LogP contribution in [0.5, 0.6) is 0 Å². The van der Waals surface area contributed by atoms with Crippen LogP contribution in [0.3, 0.4) is 0 Å². The zero-order valence-electron chi connectivity index (χ0n) is 20.9. The molecule has 1 aromatic carbocycles. The van der Waals surface area contributed by atoms with E-state index in [9.17, 15) is 9.90 Å². The van der Waals surface area contributed by atoms with Crippen LogP contribution in [-0.2, 0) is 10.2 Å². The SMILES string of the molecule is Cc1noc(C)c1-c1cnc2c(-c3ccc(C(C)(C)C(=O)O)cc3)cn([C@@H](C)c3ccccn3)c2n1. The largest absolute Gasteiger partial charge is 0.481 e. The molecule has 1 atom stereocenters. The van der Waals surface area contributed by atoms with E-state index in [0.717, 1.165) is 44.8 Å². The summed E-state index contributed by atoms with van der Waals surface area (Å²) < 4.78 is 7.44. The molecule has 182 valence electrons. The fourth-order valence-corrected chi connectivity index (χ4v) is 4.44. The monoisotopic (exact) mass is 481 g/mol. The maximum absolute atomic E-state index is 11.7. The molecule has 8 nitrogen and oxygen atoms in total. The van der Waals surface area contributed by atoms with Gasteiger partial charge >= 0.3 is 5.97 Å². The van der Waals surface area contributed by atoms with E-state index in [-0.39, 0.29) is 6.04 Å². The number of aryl methyl sites for hydroxylation is 2. The number of aromatic nitrogens is 5. The van der Waals surface area contributed by atoms with Crippen molar-refractivity contribution < 1.29 is 14.4 Å². The van der Waals surface area contributed by atoms with Crippen LogP contribution in [0.15, 0.2) is 65.6 Å². The number of benzene rings is 1. The van der Waals surface area contributed by atoms with Crippen molar-refractivity contribution in [2.75, 3.05) is 0 Å². The molecule has 0 spiro atoms. The molecule has 0 fully saturated rings. The van der Waals surface area contributed by atoms with Crippen LogP contribution in [0.2, 0.25) is 0 Å². The summed E-state index contributed by atoms with van der Waals surface area (Å²) in [4.78, 5) is 26.1. The Balaban J connectivity index is 1.69. The Hall–Kier alpha value is -4.33. The van der Waals surface area contributed by atoms with Crippen molar-refractivity contribution in [1.29, 1.82) is 0 Å². The highest BCUT2D eigenvalue weighted by Gasteiger charge is 2.29. The molecule has 0 radical (unpaired) electrons. The van der Waals surface area contributed by atoms with Gasteiger partial charge < -0.3 is 14.2 Å². The second kappa shape index (κ2) is 8.71. The van der Waals surface area contributed by atoms with Gasteiger partial charge in [-0.05, 0) is 57.9 Å². The molecule has 8 heteroatoms. The van der Waals surface area contributed by atoms with E-state index in [1.165, 1.54) is 0 Å². The summed E-state index contributed by atoms with van der Waals surface area (Å²) in [6.45, 7) is 9.23. The van der Waals surface area contributed by atoms with E-state index in [1.807, 2.05) is 62.5 Å². The second-order valence-corrected chi connectivity index (χ2v) is 9.51. The molecule has 0 aliphatic carbocycles. The van der Waals surface area contributed by atoms with Gasteiger partial charge in [0.05, 0.1) is 40.3 Å². The molecule has 0 bridgehead atoms. The number of hydrogen-bond acceptors (Lipinski definition) is 6. The van der Waals surface area contributed by atoms with E-state index >= 15 is 0 Å². The lowest BCUT2D eigenvalue weighted by Gasteiger charge is -2.19. The highest BCUT2D eigenvalue weighted by molar-refractivity contribution is 5.92. The van der Waals surface area contributed by atoms with Crippen molar-refractivity contribution >= 4 is 17.1 Å². The van der Waals surface area contributed by atoms with Crippen molar-refractivity contribution in [1.82, 2.24) is 24.7 Å². The maximum Gasteiger partial charge on any atom is 0.313 e. The zero-order chi connectivity index (χ0) is 25.6. The Morgan fingerprint density at radius 3 is 2.44 bits per heavy atom. The normalized spacial score (nSPS) is 12.7. The Morgan fingerprint density at radius 2 is 1.83 bits per heavy atom. The van der Waals surface area contributed by atoms with Gasteiger partial charge in [-0.15, -0.1) is 0 Å². The van der Waals surface area contributed by atoms with E-state index in [2.05, 4.69) is 21.6 Å². The predicted molar refractivity (Wildman–Crippen MR) is 137 cm³/mol. The molecule has 5 aromatic rings. The topological polar surface area (TPSA) is 107 Å². The van der Waals surface area contributed by atoms with Gasteiger partial charge in [0.1, 0.15) is 11.3 Å². The lowest BCUT2D eigenvalue weighted by atomic mass is 9.84. The first-order chi connectivity index (χ1) is 17.2. The molecule has 0 aliphatic rings. The number of fused-ring (bicyclic) bond motifs is 1. The average Bonchev–Trinajstić information content (AvgIpc) is 3.43. The molecular weight excluding hydrogens is 454 g/mol. The van der Waals surface area contributed by atoms with E-state index in [4.69, 9.17) is 14.5 Å². The summed E-state index contributed by atoms with van der Waals surface area (Å²) in [5.41, 5.74) is 6.24. The van der Waals surface area contributed by atoms with E-state index in [0.29, 0.717) is 11.5 Å². The number of carboxylic acids is 1. The summed E-state index contributed by atoms with van der Waals surface area (Å²) in [7, 11) is 0. The minimum atomic E-state index is -0.983. The molecule has 0 amide bonds. The van der Waals surface area contributed by atoms with Gasteiger partial charge in [0.15, 0.2) is 5.65 Å². The summed E-state index contributed by atoms with van der Waals surface area (Å²) in [5, 5.41) is 13.7. The van der Waals surface area contributed by atoms with Gasteiger partial charge in [-0.1, -0.05) is 35.5 Å². The quantitative estimate of drug-likeness (QED) is 0.330. The Bertz CT molecular complexity index is 1550. The molecule has 4 heterocycles. The molecule has 0 saturated heterocycles. The second-order valence-electron chi connectivity index (χ2n) is 9.51. The third-order valence-corrected chi connectivity index (χ3v) is 6.80. The third-order valence-electron chi connectivity index (χ3n) is 6.80. The van der Waals surface area contributed by atoms with Crippen LogP contribution < -0.4 is 0 Å². The van der Waals surface area contributed by atoms with Gasteiger partial charge in [-0.2, -0.15) is 0 Å². The van der Waals surface area contributed by atoms with Gasteiger partial charge in [-0.3, -0.25) is 9.78 Å². The number of pyridine rings is 1.